The Morgan fingerprint density at radius 2 is 2.27 bits per heavy atom. The molecule has 0 aromatic carbocycles. The second-order valence-corrected chi connectivity index (χ2v) is 3.37. The van der Waals surface area contributed by atoms with Gasteiger partial charge in [0, 0.05) is 0 Å². The summed E-state index contributed by atoms with van der Waals surface area (Å²) < 4.78 is 0. The van der Waals surface area contributed by atoms with Crippen LogP contribution in [0, 0.1) is 11.8 Å². The van der Waals surface area contributed by atoms with Crippen molar-refractivity contribution in [1.82, 2.24) is 0 Å². The molecule has 1 saturated carbocycles. The molecule has 62 valence electrons. The van der Waals surface area contributed by atoms with Crippen LogP contribution in [0.3, 0.4) is 0 Å². The fourth-order valence-electron chi connectivity index (χ4n) is 1.32. The van der Waals surface area contributed by atoms with Gasteiger partial charge in [-0.3, -0.25) is 0 Å². The van der Waals surface area contributed by atoms with Crippen LogP contribution in [0.1, 0.15) is 32.6 Å². The first kappa shape index (κ1) is 8.58. The molecule has 0 radical (unpaired) electrons. The summed E-state index contributed by atoms with van der Waals surface area (Å²) in [5.41, 5.74) is 0. The summed E-state index contributed by atoms with van der Waals surface area (Å²) in [6.45, 7) is 6.02. The molecule has 0 bridgehead atoms. The Labute approximate surface area is 70.0 Å². The summed E-state index contributed by atoms with van der Waals surface area (Å²) in [6, 6.07) is 0. The molecule has 1 fully saturated rings. The van der Waals surface area contributed by atoms with E-state index >= 15 is 0 Å². The maximum absolute atomic E-state index is 3.78. The molecule has 1 rings (SSSR count). The van der Waals surface area contributed by atoms with Crippen molar-refractivity contribution in [3.05, 3.63) is 24.8 Å². The molecule has 0 heteroatoms. The van der Waals surface area contributed by atoms with Gasteiger partial charge in [-0.05, 0) is 24.7 Å². The summed E-state index contributed by atoms with van der Waals surface area (Å²) >= 11 is 0. The summed E-state index contributed by atoms with van der Waals surface area (Å²) in [5, 5.41) is 0. The molecule has 0 aromatic rings. The molecule has 1 aliphatic carbocycles. The van der Waals surface area contributed by atoms with Gasteiger partial charge in [-0.15, -0.1) is 6.58 Å². The first-order valence-corrected chi connectivity index (χ1v) is 4.67. The molecule has 0 spiro atoms. The lowest BCUT2D eigenvalue weighted by atomic mass is 10.2. The number of allylic oxidation sites excluding steroid dienone is 3. The third-order valence-corrected chi connectivity index (χ3v) is 2.30. The maximum Gasteiger partial charge on any atom is -0.0165 e. The second kappa shape index (κ2) is 4.38. The van der Waals surface area contributed by atoms with E-state index in [1.54, 1.807) is 0 Å². The van der Waals surface area contributed by atoms with Gasteiger partial charge in [0.1, 0.15) is 0 Å². The fraction of sp³-hybridized carbons (Fsp3) is 0.636. The third-order valence-electron chi connectivity index (χ3n) is 2.30. The molecule has 2 atom stereocenters. The fourth-order valence-corrected chi connectivity index (χ4v) is 1.32. The van der Waals surface area contributed by atoms with Gasteiger partial charge in [0.05, 0.1) is 0 Å². The second-order valence-electron chi connectivity index (χ2n) is 3.37. The molecule has 0 aliphatic heterocycles. The molecular weight excluding hydrogens is 132 g/mol. The topological polar surface area (TPSA) is 0 Å². The Bertz CT molecular complexity index is 144. The SMILES string of the molecule is C=C[C@@H]1C[C@H]1/C=C\CCCC. The predicted octanol–water partition coefficient (Wildman–Crippen LogP) is 3.55. The average molecular weight is 150 g/mol. The van der Waals surface area contributed by atoms with Gasteiger partial charge in [0.2, 0.25) is 0 Å². The van der Waals surface area contributed by atoms with Crippen molar-refractivity contribution in [2.45, 2.75) is 32.6 Å². The van der Waals surface area contributed by atoms with E-state index in [9.17, 15) is 0 Å². The van der Waals surface area contributed by atoms with Gasteiger partial charge in [-0.1, -0.05) is 38.0 Å². The van der Waals surface area contributed by atoms with Crippen LogP contribution in [-0.2, 0) is 0 Å². The largest absolute Gasteiger partial charge is 0.103 e. The minimum Gasteiger partial charge on any atom is -0.103 e. The zero-order valence-electron chi connectivity index (χ0n) is 7.42. The van der Waals surface area contributed by atoms with Crippen LogP contribution in [0.5, 0.6) is 0 Å². The van der Waals surface area contributed by atoms with E-state index in [1.165, 1.54) is 25.7 Å². The van der Waals surface area contributed by atoms with Gasteiger partial charge in [0.25, 0.3) is 0 Å². The monoisotopic (exact) mass is 150 g/mol. The Kier molecular flexibility index (Phi) is 3.41. The smallest absolute Gasteiger partial charge is 0.0165 e. The Balaban J connectivity index is 2.03. The molecule has 0 nitrogen and oxygen atoms in total. The van der Waals surface area contributed by atoms with E-state index in [4.69, 9.17) is 0 Å². The van der Waals surface area contributed by atoms with Gasteiger partial charge in [0.15, 0.2) is 0 Å². The van der Waals surface area contributed by atoms with Crippen LogP contribution in [-0.4, -0.2) is 0 Å². The first-order chi connectivity index (χ1) is 5.38. The lowest BCUT2D eigenvalue weighted by Gasteiger charge is -1.87. The molecule has 0 heterocycles. The van der Waals surface area contributed by atoms with Gasteiger partial charge in [-0.25, -0.2) is 0 Å². The Morgan fingerprint density at radius 1 is 1.45 bits per heavy atom. The summed E-state index contributed by atoms with van der Waals surface area (Å²) in [6.07, 6.45) is 12.0. The Morgan fingerprint density at radius 3 is 2.82 bits per heavy atom. The highest BCUT2D eigenvalue weighted by Gasteiger charge is 2.31. The maximum atomic E-state index is 3.78. The summed E-state index contributed by atoms with van der Waals surface area (Å²) in [7, 11) is 0. The van der Waals surface area contributed by atoms with Crippen molar-refractivity contribution < 1.29 is 0 Å². The first-order valence-electron chi connectivity index (χ1n) is 4.67. The molecule has 0 unspecified atom stereocenters. The molecule has 0 N–H and O–H groups in total. The van der Waals surface area contributed by atoms with Crippen LogP contribution in [0.2, 0.25) is 0 Å². The highest BCUT2D eigenvalue weighted by Crippen LogP contribution is 2.40. The van der Waals surface area contributed by atoms with Crippen molar-refractivity contribution >= 4 is 0 Å². The van der Waals surface area contributed by atoms with Crippen molar-refractivity contribution in [1.29, 1.82) is 0 Å². The standard InChI is InChI=1S/C11H18/c1-3-5-6-7-8-11-9-10(11)4-2/h4,7-8,10-11H,2-3,5-6,9H2,1H3/b8-7-/t10-,11-/m1/s1. The molecule has 1 aliphatic rings. The van der Waals surface area contributed by atoms with Crippen LogP contribution < -0.4 is 0 Å². The summed E-state index contributed by atoms with van der Waals surface area (Å²) in [4.78, 5) is 0. The number of hydrogen-bond donors (Lipinski definition) is 0. The number of unbranched alkanes of at least 4 members (excludes halogenated alkanes) is 2. The van der Waals surface area contributed by atoms with Gasteiger partial charge >= 0.3 is 0 Å². The van der Waals surface area contributed by atoms with E-state index in [1.807, 2.05) is 0 Å². The van der Waals surface area contributed by atoms with Crippen LogP contribution in [0.15, 0.2) is 24.8 Å². The van der Waals surface area contributed by atoms with E-state index in [0.717, 1.165) is 11.8 Å². The van der Waals surface area contributed by atoms with E-state index in [0.29, 0.717) is 0 Å². The molecule has 11 heavy (non-hydrogen) atoms. The van der Waals surface area contributed by atoms with Gasteiger partial charge < -0.3 is 0 Å². The molecule has 0 amide bonds. The predicted molar refractivity (Wildman–Crippen MR) is 50.5 cm³/mol. The highest BCUT2D eigenvalue weighted by atomic mass is 14.3. The average Bonchev–Trinajstić information content (AvgIpc) is 2.77. The van der Waals surface area contributed by atoms with Crippen LogP contribution in [0.4, 0.5) is 0 Å². The van der Waals surface area contributed by atoms with Crippen molar-refractivity contribution in [3.63, 3.8) is 0 Å². The van der Waals surface area contributed by atoms with Crippen LogP contribution >= 0.6 is 0 Å². The van der Waals surface area contributed by atoms with Crippen molar-refractivity contribution in [2.75, 3.05) is 0 Å². The minimum atomic E-state index is 0.799. The number of rotatable bonds is 5. The van der Waals surface area contributed by atoms with Crippen molar-refractivity contribution in [2.24, 2.45) is 11.8 Å². The van der Waals surface area contributed by atoms with E-state index in [-0.39, 0.29) is 0 Å². The zero-order valence-corrected chi connectivity index (χ0v) is 7.42. The highest BCUT2D eigenvalue weighted by molar-refractivity contribution is 5.08. The molecule has 0 aromatic heterocycles. The quantitative estimate of drug-likeness (QED) is 0.415. The van der Waals surface area contributed by atoms with Crippen molar-refractivity contribution in [3.8, 4) is 0 Å². The van der Waals surface area contributed by atoms with E-state index < -0.39 is 0 Å². The zero-order chi connectivity index (χ0) is 8.10. The molecule has 0 saturated heterocycles. The molecular formula is C11H18. The number of hydrogen-bond acceptors (Lipinski definition) is 0. The lowest BCUT2D eigenvalue weighted by molar-refractivity contribution is 0.810. The lowest BCUT2D eigenvalue weighted by Crippen LogP contribution is -1.71. The summed E-state index contributed by atoms with van der Waals surface area (Å²) in [5.74, 6) is 1.64. The Hall–Kier alpha value is -0.520. The minimum absolute atomic E-state index is 0.799. The van der Waals surface area contributed by atoms with E-state index in [2.05, 4.69) is 31.7 Å². The van der Waals surface area contributed by atoms with Gasteiger partial charge in [-0.2, -0.15) is 0 Å². The normalized spacial score (nSPS) is 29.2. The third kappa shape index (κ3) is 2.92. The van der Waals surface area contributed by atoms with Crippen LogP contribution in [0.25, 0.3) is 0 Å².